The summed E-state index contributed by atoms with van der Waals surface area (Å²) in [5.74, 6) is 0. The molecular weight excluding hydrogens is 242 g/mol. The maximum absolute atomic E-state index is 10.3. The van der Waals surface area contributed by atoms with Gasteiger partial charge in [-0.3, -0.25) is 9.63 Å². The third-order valence-corrected chi connectivity index (χ3v) is 2.08. The van der Waals surface area contributed by atoms with Gasteiger partial charge in [-0.05, 0) is 31.5 Å². The summed E-state index contributed by atoms with van der Waals surface area (Å²) in [7, 11) is 1.66. The normalized spacial score (nSPS) is 11.4. The van der Waals surface area contributed by atoms with Gasteiger partial charge in [0.2, 0.25) is 0 Å². The van der Waals surface area contributed by atoms with Crippen LogP contribution in [-0.2, 0) is 4.84 Å². The highest BCUT2D eigenvalue weighted by Crippen LogP contribution is 2.14. The van der Waals surface area contributed by atoms with Crippen molar-refractivity contribution in [2.24, 2.45) is 0 Å². The van der Waals surface area contributed by atoms with Gasteiger partial charge in [-0.2, -0.15) is 0 Å². The minimum Gasteiger partial charge on any atom is -0.391 e. The Morgan fingerprint density at radius 1 is 1.59 bits per heavy atom. The summed E-state index contributed by atoms with van der Waals surface area (Å²) in [6, 6.07) is 5.34. The van der Waals surface area contributed by atoms with E-state index in [2.05, 4.69) is 10.3 Å². The third kappa shape index (κ3) is 7.88. The lowest BCUT2D eigenvalue weighted by molar-refractivity contribution is -0.00191. The second-order valence-electron chi connectivity index (χ2n) is 3.51. The van der Waals surface area contributed by atoms with Crippen LogP contribution < -0.4 is 5.48 Å². The number of hydrogen-bond donors (Lipinski definition) is 2. The van der Waals surface area contributed by atoms with Crippen LogP contribution in [0.2, 0.25) is 5.02 Å². The fourth-order valence-corrected chi connectivity index (χ4v) is 1.21. The first-order valence-corrected chi connectivity index (χ1v) is 5.57. The number of benzene rings is 1. The number of hydrogen-bond acceptors (Lipinski definition) is 4. The number of aliphatic hydroxyl groups excluding tert-OH is 1. The highest BCUT2D eigenvalue weighted by Gasteiger charge is 1.96. The van der Waals surface area contributed by atoms with Gasteiger partial charge in [0.15, 0.2) is 6.29 Å². The Morgan fingerprint density at radius 2 is 2.24 bits per heavy atom. The molecule has 0 fully saturated rings. The SMILES string of the molecule is CNOCC(C)O.Cc1ccc(C=O)c(Cl)c1. The summed E-state index contributed by atoms with van der Waals surface area (Å²) >= 11 is 5.70. The van der Waals surface area contributed by atoms with E-state index in [9.17, 15) is 4.79 Å². The van der Waals surface area contributed by atoms with Crippen LogP contribution in [0.3, 0.4) is 0 Å². The minimum atomic E-state index is -0.382. The van der Waals surface area contributed by atoms with Crippen molar-refractivity contribution < 1.29 is 14.7 Å². The third-order valence-electron chi connectivity index (χ3n) is 1.75. The molecule has 1 aromatic carbocycles. The van der Waals surface area contributed by atoms with Gasteiger partial charge in [0, 0.05) is 12.6 Å². The predicted octanol–water partition coefficient (Wildman–Crippen LogP) is 1.98. The molecule has 0 saturated heterocycles. The fraction of sp³-hybridized carbons (Fsp3) is 0.417. The molecule has 0 aliphatic heterocycles. The highest BCUT2D eigenvalue weighted by atomic mass is 35.5. The molecule has 0 aliphatic carbocycles. The van der Waals surface area contributed by atoms with Gasteiger partial charge >= 0.3 is 0 Å². The van der Waals surface area contributed by atoms with E-state index in [0.717, 1.165) is 11.8 Å². The van der Waals surface area contributed by atoms with Crippen molar-refractivity contribution in [3.63, 3.8) is 0 Å². The molecule has 0 saturated carbocycles. The van der Waals surface area contributed by atoms with Crippen LogP contribution in [-0.4, -0.2) is 31.2 Å². The molecule has 0 aromatic heterocycles. The van der Waals surface area contributed by atoms with Gasteiger partial charge in [-0.1, -0.05) is 17.7 Å². The highest BCUT2D eigenvalue weighted by molar-refractivity contribution is 6.33. The van der Waals surface area contributed by atoms with Crippen LogP contribution in [0.15, 0.2) is 18.2 Å². The minimum absolute atomic E-state index is 0.344. The number of aldehydes is 1. The molecule has 0 spiro atoms. The van der Waals surface area contributed by atoms with Gasteiger partial charge in [0.25, 0.3) is 0 Å². The fourth-order valence-electron chi connectivity index (χ4n) is 0.932. The summed E-state index contributed by atoms with van der Waals surface area (Å²) in [5, 5.41) is 9.04. The molecule has 1 atom stereocenters. The average Bonchev–Trinajstić information content (AvgIpc) is 2.27. The Bertz CT molecular complexity index is 343. The zero-order valence-corrected chi connectivity index (χ0v) is 11.0. The monoisotopic (exact) mass is 259 g/mol. The second kappa shape index (κ2) is 9.13. The van der Waals surface area contributed by atoms with Gasteiger partial charge in [0.05, 0.1) is 17.7 Å². The lowest BCUT2D eigenvalue weighted by Gasteiger charge is -2.01. The van der Waals surface area contributed by atoms with Crippen LogP contribution in [0, 0.1) is 6.92 Å². The van der Waals surface area contributed by atoms with Crippen LogP contribution >= 0.6 is 11.6 Å². The van der Waals surface area contributed by atoms with Crippen molar-refractivity contribution in [1.82, 2.24) is 5.48 Å². The number of carbonyl (C=O) groups is 1. The summed E-state index contributed by atoms with van der Waals surface area (Å²) in [5.41, 5.74) is 4.05. The number of aryl methyl sites for hydroxylation is 1. The molecule has 1 rings (SSSR count). The first kappa shape index (κ1) is 16.1. The Balaban J connectivity index is 0.000000325. The Hall–Kier alpha value is -0.940. The van der Waals surface area contributed by atoms with Crippen molar-refractivity contribution >= 4 is 17.9 Å². The number of halogens is 1. The van der Waals surface area contributed by atoms with E-state index in [1.165, 1.54) is 0 Å². The van der Waals surface area contributed by atoms with Gasteiger partial charge < -0.3 is 5.11 Å². The van der Waals surface area contributed by atoms with E-state index >= 15 is 0 Å². The summed E-state index contributed by atoms with van der Waals surface area (Å²) < 4.78 is 0. The van der Waals surface area contributed by atoms with E-state index < -0.39 is 0 Å². The van der Waals surface area contributed by atoms with Crippen molar-refractivity contribution in [2.75, 3.05) is 13.7 Å². The molecule has 4 nitrogen and oxygen atoms in total. The van der Waals surface area contributed by atoms with Crippen molar-refractivity contribution in [2.45, 2.75) is 20.0 Å². The average molecular weight is 260 g/mol. The smallest absolute Gasteiger partial charge is 0.151 e. The molecule has 1 unspecified atom stereocenters. The van der Waals surface area contributed by atoms with E-state index in [1.54, 1.807) is 26.1 Å². The summed E-state index contributed by atoms with van der Waals surface area (Å²) in [6.45, 7) is 3.94. The Morgan fingerprint density at radius 3 is 2.59 bits per heavy atom. The molecule has 0 heterocycles. The first-order valence-electron chi connectivity index (χ1n) is 5.19. The van der Waals surface area contributed by atoms with Gasteiger partial charge in [-0.25, -0.2) is 5.48 Å². The van der Waals surface area contributed by atoms with Crippen LogP contribution in [0.4, 0.5) is 0 Å². The van der Waals surface area contributed by atoms with Crippen molar-refractivity contribution in [3.05, 3.63) is 34.3 Å². The largest absolute Gasteiger partial charge is 0.391 e. The molecule has 0 radical (unpaired) electrons. The van der Waals surface area contributed by atoms with E-state index in [1.807, 2.05) is 13.0 Å². The second-order valence-corrected chi connectivity index (χ2v) is 3.91. The zero-order valence-electron chi connectivity index (χ0n) is 10.2. The quantitative estimate of drug-likeness (QED) is 0.641. The molecule has 0 aliphatic rings. The summed E-state index contributed by atoms with van der Waals surface area (Å²) in [6.07, 6.45) is 0.370. The molecule has 17 heavy (non-hydrogen) atoms. The molecule has 2 N–H and O–H groups in total. The van der Waals surface area contributed by atoms with Crippen LogP contribution in [0.1, 0.15) is 22.8 Å². The standard InChI is InChI=1S/C8H7ClO.C4H11NO2/c1-6-2-3-7(5-10)8(9)4-6;1-4(6)3-7-5-2/h2-5H,1H3;4-6H,3H2,1-2H3. The number of nitrogens with one attached hydrogen (secondary N) is 1. The maximum atomic E-state index is 10.3. The predicted molar refractivity (Wildman–Crippen MR) is 68.3 cm³/mol. The lowest BCUT2D eigenvalue weighted by atomic mass is 10.2. The van der Waals surface area contributed by atoms with Crippen molar-refractivity contribution in [3.8, 4) is 0 Å². The number of hydroxylamine groups is 1. The van der Waals surface area contributed by atoms with E-state index in [4.69, 9.17) is 16.7 Å². The first-order chi connectivity index (χ1) is 8.01. The van der Waals surface area contributed by atoms with Crippen molar-refractivity contribution in [1.29, 1.82) is 0 Å². The molecule has 0 amide bonds. The Labute approximate surface area is 107 Å². The number of aliphatic hydroxyl groups is 1. The molecule has 0 bridgehead atoms. The van der Waals surface area contributed by atoms with Gasteiger partial charge in [-0.15, -0.1) is 0 Å². The zero-order chi connectivity index (χ0) is 13.3. The lowest BCUT2D eigenvalue weighted by Crippen LogP contribution is -2.17. The van der Waals surface area contributed by atoms with E-state index in [0.29, 0.717) is 17.2 Å². The molecule has 1 aromatic rings. The maximum Gasteiger partial charge on any atom is 0.151 e. The van der Waals surface area contributed by atoms with Crippen LogP contribution in [0.25, 0.3) is 0 Å². The summed E-state index contributed by atoms with van der Waals surface area (Å²) in [4.78, 5) is 14.8. The topological polar surface area (TPSA) is 58.6 Å². The molecular formula is C12H18ClNO3. The molecule has 96 valence electrons. The number of rotatable bonds is 4. The van der Waals surface area contributed by atoms with E-state index in [-0.39, 0.29) is 6.10 Å². The number of carbonyl (C=O) groups excluding carboxylic acids is 1. The molecule has 5 heteroatoms. The van der Waals surface area contributed by atoms with Gasteiger partial charge in [0.1, 0.15) is 0 Å². The Kier molecular flexibility index (Phi) is 8.62. The van der Waals surface area contributed by atoms with Crippen LogP contribution in [0.5, 0.6) is 0 Å².